The minimum Gasteiger partial charge on any atom is -0.374 e. The summed E-state index contributed by atoms with van der Waals surface area (Å²) in [6.07, 6.45) is 0. The number of piperazine rings is 1. The first kappa shape index (κ1) is 22.1. The summed E-state index contributed by atoms with van der Waals surface area (Å²) in [6, 6.07) is 9.77. The van der Waals surface area contributed by atoms with Crippen molar-refractivity contribution in [2.75, 3.05) is 52.4 Å². The number of nitrogens with two attached hydrogens (primary N) is 1. The summed E-state index contributed by atoms with van der Waals surface area (Å²) >= 11 is 0. The molecule has 0 radical (unpaired) electrons. The third kappa shape index (κ3) is 8.69. The van der Waals surface area contributed by atoms with Crippen LogP contribution in [0.25, 0.3) is 0 Å². The van der Waals surface area contributed by atoms with Crippen LogP contribution < -0.4 is 16.4 Å². The number of ether oxygens (including phenoxy) is 1. The number of rotatable bonds is 10. The highest BCUT2D eigenvalue weighted by molar-refractivity contribution is 5.76. The van der Waals surface area contributed by atoms with Crippen LogP contribution in [0.1, 0.15) is 19.4 Å². The van der Waals surface area contributed by atoms with Crippen molar-refractivity contribution in [2.24, 2.45) is 5.73 Å². The molecule has 4 N–H and O–H groups in total. The summed E-state index contributed by atoms with van der Waals surface area (Å²) in [4.78, 5) is 27.4. The zero-order chi connectivity index (χ0) is 20.4. The number of nitrogens with zero attached hydrogens (tertiary/aromatic N) is 2. The van der Waals surface area contributed by atoms with Gasteiger partial charge in [-0.25, -0.2) is 4.79 Å². The van der Waals surface area contributed by atoms with Crippen LogP contribution in [0.15, 0.2) is 30.3 Å². The Morgan fingerprint density at radius 3 is 2.39 bits per heavy atom. The minimum absolute atomic E-state index is 0.194. The highest BCUT2D eigenvalue weighted by Gasteiger charge is 2.21. The van der Waals surface area contributed by atoms with E-state index in [2.05, 4.69) is 20.4 Å². The number of nitrogens with one attached hydrogen (secondary N) is 2. The normalized spacial score (nSPS) is 15.9. The van der Waals surface area contributed by atoms with Crippen LogP contribution in [0.3, 0.4) is 0 Å². The van der Waals surface area contributed by atoms with Crippen molar-refractivity contribution in [3.8, 4) is 0 Å². The molecule has 0 aromatic heterocycles. The standard InChI is InChI=1S/C20H33N5O3/c1-20(2,16-28-15-17-6-4-3-5-7-17)23-19(27)22-8-9-24-10-12-25(13-11-24)14-18(21)26/h3-7H,8-16H2,1-2H3,(H2,21,26)(H2,22,23,27). The van der Waals surface area contributed by atoms with E-state index >= 15 is 0 Å². The predicted molar refractivity (Wildman–Crippen MR) is 109 cm³/mol. The molecule has 1 saturated heterocycles. The number of carbonyl (C=O) groups is 2. The summed E-state index contributed by atoms with van der Waals surface area (Å²) in [5, 5.41) is 5.86. The summed E-state index contributed by atoms with van der Waals surface area (Å²) < 4.78 is 5.73. The topological polar surface area (TPSA) is 99.9 Å². The lowest BCUT2D eigenvalue weighted by molar-refractivity contribution is -0.119. The van der Waals surface area contributed by atoms with Crippen molar-refractivity contribution < 1.29 is 14.3 Å². The van der Waals surface area contributed by atoms with Crippen LogP contribution in [-0.4, -0.2) is 79.7 Å². The van der Waals surface area contributed by atoms with Gasteiger partial charge in [-0.15, -0.1) is 0 Å². The monoisotopic (exact) mass is 391 g/mol. The number of amides is 3. The van der Waals surface area contributed by atoms with E-state index in [0.29, 0.717) is 26.3 Å². The van der Waals surface area contributed by atoms with Gasteiger partial charge in [-0.05, 0) is 19.4 Å². The molecule has 1 fully saturated rings. The maximum atomic E-state index is 12.2. The predicted octanol–water partition coefficient (Wildman–Crippen LogP) is 0.384. The molecule has 1 aromatic rings. The Labute approximate surface area is 167 Å². The molecule has 0 saturated carbocycles. The number of hydrogen-bond donors (Lipinski definition) is 3. The fraction of sp³-hybridized carbons (Fsp3) is 0.600. The van der Waals surface area contributed by atoms with Crippen LogP contribution >= 0.6 is 0 Å². The first-order chi connectivity index (χ1) is 13.3. The van der Waals surface area contributed by atoms with Crippen molar-refractivity contribution in [1.82, 2.24) is 20.4 Å². The van der Waals surface area contributed by atoms with Gasteiger partial charge < -0.3 is 21.1 Å². The molecule has 2 rings (SSSR count). The SMILES string of the molecule is CC(C)(COCc1ccccc1)NC(=O)NCCN1CCN(CC(N)=O)CC1. The van der Waals surface area contributed by atoms with E-state index in [4.69, 9.17) is 10.5 Å². The Morgan fingerprint density at radius 1 is 1.11 bits per heavy atom. The average Bonchev–Trinajstić information content (AvgIpc) is 2.63. The molecule has 8 heteroatoms. The molecule has 1 aromatic carbocycles. The van der Waals surface area contributed by atoms with Gasteiger partial charge in [-0.2, -0.15) is 0 Å². The third-order valence-corrected chi connectivity index (χ3v) is 4.58. The fourth-order valence-electron chi connectivity index (χ4n) is 3.10. The quantitative estimate of drug-likeness (QED) is 0.536. The summed E-state index contributed by atoms with van der Waals surface area (Å²) in [7, 11) is 0. The first-order valence-corrected chi connectivity index (χ1v) is 9.75. The lowest BCUT2D eigenvalue weighted by Crippen LogP contribution is -2.53. The molecular weight excluding hydrogens is 358 g/mol. The van der Waals surface area contributed by atoms with Gasteiger partial charge in [0.2, 0.25) is 5.91 Å². The summed E-state index contributed by atoms with van der Waals surface area (Å²) in [6.45, 7) is 9.88. The molecule has 1 heterocycles. The molecular formula is C20H33N5O3. The largest absolute Gasteiger partial charge is 0.374 e. The van der Waals surface area contributed by atoms with E-state index in [1.807, 2.05) is 44.2 Å². The van der Waals surface area contributed by atoms with Crippen molar-refractivity contribution in [1.29, 1.82) is 0 Å². The van der Waals surface area contributed by atoms with E-state index in [-0.39, 0.29) is 11.9 Å². The number of urea groups is 1. The van der Waals surface area contributed by atoms with Crippen molar-refractivity contribution >= 4 is 11.9 Å². The van der Waals surface area contributed by atoms with E-state index in [9.17, 15) is 9.59 Å². The van der Waals surface area contributed by atoms with Gasteiger partial charge in [0.1, 0.15) is 0 Å². The molecule has 1 aliphatic heterocycles. The number of primary amides is 1. The lowest BCUT2D eigenvalue weighted by atomic mass is 10.1. The van der Waals surface area contributed by atoms with Gasteiger partial charge in [-0.3, -0.25) is 14.6 Å². The van der Waals surface area contributed by atoms with Crippen LogP contribution in [0.5, 0.6) is 0 Å². The molecule has 8 nitrogen and oxygen atoms in total. The van der Waals surface area contributed by atoms with Gasteiger partial charge in [0.05, 0.1) is 25.3 Å². The number of hydrogen-bond acceptors (Lipinski definition) is 5. The highest BCUT2D eigenvalue weighted by Crippen LogP contribution is 2.06. The molecule has 3 amide bonds. The second-order valence-electron chi connectivity index (χ2n) is 7.83. The highest BCUT2D eigenvalue weighted by atomic mass is 16.5. The second-order valence-corrected chi connectivity index (χ2v) is 7.83. The summed E-state index contributed by atoms with van der Waals surface area (Å²) in [5.74, 6) is -0.290. The Bertz CT molecular complexity index is 616. The molecule has 1 aliphatic rings. The van der Waals surface area contributed by atoms with E-state index in [0.717, 1.165) is 38.3 Å². The Morgan fingerprint density at radius 2 is 1.75 bits per heavy atom. The van der Waals surface area contributed by atoms with Crippen LogP contribution in [0.2, 0.25) is 0 Å². The Kier molecular flexibility index (Phi) is 8.69. The summed E-state index contributed by atoms with van der Waals surface area (Å²) in [5.41, 5.74) is 5.88. The molecule has 156 valence electrons. The van der Waals surface area contributed by atoms with Crippen LogP contribution in [-0.2, 0) is 16.1 Å². The Hall–Kier alpha value is -2.16. The third-order valence-electron chi connectivity index (χ3n) is 4.58. The molecule has 0 spiro atoms. The van der Waals surface area contributed by atoms with Crippen molar-refractivity contribution in [3.05, 3.63) is 35.9 Å². The van der Waals surface area contributed by atoms with Gasteiger partial charge in [0.15, 0.2) is 0 Å². The maximum Gasteiger partial charge on any atom is 0.315 e. The van der Waals surface area contributed by atoms with Gasteiger partial charge in [-0.1, -0.05) is 30.3 Å². The van der Waals surface area contributed by atoms with Gasteiger partial charge in [0, 0.05) is 39.3 Å². The molecule has 0 aliphatic carbocycles. The molecule has 0 bridgehead atoms. The zero-order valence-corrected chi connectivity index (χ0v) is 16.9. The van der Waals surface area contributed by atoms with Crippen molar-refractivity contribution in [3.63, 3.8) is 0 Å². The molecule has 28 heavy (non-hydrogen) atoms. The lowest BCUT2D eigenvalue weighted by Gasteiger charge is -2.34. The van der Waals surface area contributed by atoms with E-state index < -0.39 is 5.54 Å². The van der Waals surface area contributed by atoms with Gasteiger partial charge in [0.25, 0.3) is 0 Å². The maximum absolute atomic E-state index is 12.2. The van der Waals surface area contributed by atoms with Gasteiger partial charge >= 0.3 is 6.03 Å². The second kappa shape index (κ2) is 11.0. The minimum atomic E-state index is -0.459. The molecule has 0 atom stereocenters. The van der Waals surface area contributed by atoms with Crippen molar-refractivity contribution in [2.45, 2.75) is 26.0 Å². The Balaban J connectivity index is 1.58. The number of benzene rings is 1. The van der Waals surface area contributed by atoms with E-state index in [1.54, 1.807) is 0 Å². The average molecular weight is 392 g/mol. The first-order valence-electron chi connectivity index (χ1n) is 9.75. The smallest absolute Gasteiger partial charge is 0.315 e. The van der Waals surface area contributed by atoms with Crippen LogP contribution in [0.4, 0.5) is 4.79 Å². The van der Waals surface area contributed by atoms with E-state index in [1.165, 1.54) is 0 Å². The zero-order valence-electron chi connectivity index (χ0n) is 16.9. The van der Waals surface area contributed by atoms with Crippen LogP contribution in [0, 0.1) is 0 Å². The number of carbonyl (C=O) groups excluding carboxylic acids is 2. The molecule has 0 unspecified atom stereocenters. The fourth-order valence-corrected chi connectivity index (χ4v) is 3.10.